The molecule has 2 aromatic rings. The Bertz CT molecular complexity index is 1290. The number of hydrogen-bond donors (Lipinski definition) is 0. The number of ether oxygens (including phenoxy) is 1. The lowest BCUT2D eigenvalue weighted by Crippen LogP contribution is -2.37. The fourth-order valence-electron chi connectivity index (χ4n) is 3.72. The summed E-state index contributed by atoms with van der Waals surface area (Å²) in [6, 6.07) is 4.88. The molecule has 1 aliphatic rings. The van der Waals surface area contributed by atoms with E-state index in [0.717, 1.165) is 37.0 Å². The van der Waals surface area contributed by atoms with E-state index in [0.29, 0.717) is 28.9 Å². The Balaban J connectivity index is 1.82. The van der Waals surface area contributed by atoms with Gasteiger partial charge in [0, 0.05) is 13.1 Å². The fraction of sp³-hybridized carbons (Fsp3) is 0.478. The van der Waals surface area contributed by atoms with Crippen molar-refractivity contribution in [3.63, 3.8) is 0 Å². The summed E-state index contributed by atoms with van der Waals surface area (Å²) in [5.41, 5.74) is 0.998. The Labute approximate surface area is 202 Å². The molecule has 1 aliphatic heterocycles. The van der Waals surface area contributed by atoms with E-state index >= 15 is 0 Å². The van der Waals surface area contributed by atoms with Crippen LogP contribution in [-0.4, -0.2) is 66.9 Å². The number of rotatable bonds is 7. The Morgan fingerprint density at radius 2 is 1.85 bits per heavy atom. The molecule has 1 fully saturated rings. The van der Waals surface area contributed by atoms with Gasteiger partial charge >= 0.3 is 5.97 Å². The first-order chi connectivity index (χ1) is 16.2. The summed E-state index contributed by atoms with van der Waals surface area (Å²) in [6.07, 6.45) is 9.19. The molecule has 11 heteroatoms. The van der Waals surface area contributed by atoms with Gasteiger partial charge < -0.3 is 14.2 Å². The highest BCUT2D eigenvalue weighted by Crippen LogP contribution is 2.20. The molecule has 0 bridgehead atoms. The number of aromatic nitrogens is 1. The van der Waals surface area contributed by atoms with Crippen molar-refractivity contribution in [1.29, 1.82) is 0 Å². The second-order valence-electron chi connectivity index (χ2n) is 7.91. The van der Waals surface area contributed by atoms with Gasteiger partial charge in [0.15, 0.2) is 14.6 Å². The molecule has 0 unspecified atom stereocenters. The van der Waals surface area contributed by atoms with Crippen LogP contribution in [0.15, 0.2) is 23.2 Å². The number of nitrogens with zero attached hydrogens (tertiary/aromatic N) is 3. The Morgan fingerprint density at radius 1 is 1.15 bits per heavy atom. The van der Waals surface area contributed by atoms with Crippen LogP contribution in [-0.2, 0) is 30.7 Å². The highest BCUT2D eigenvalue weighted by molar-refractivity contribution is 7.92. The van der Waals surface area contributed by atoms with E-state index in [1.165, 1.54) is 0 Å². The summed E-state index contributed by atoms with van der Waals surface area (Å²) in [6.45, 7) is 3.12. The minimum Gasteiger partial charge on any atom is -0.462 e. The number of benzene rings is 1. The molecule has 182 valence electrons. The number of carbonyl (C=O) groups is 3. The van der Waals surface area contributed by atoms with Gasteiger partial charge in [-0.05, 0) is 38.0 Å². The summed E-state index contributed by atoms with van der Waals surface area (Å²) in [4.78, 5) is 42.7. The van der Waals surface area contributed by atoms with Gasteiger partial charge in [-0.25, -0.2) is 13.2 Å². The van der Waals surface area contributed by atoms with Gasteiger partial charge in [0.2, 0.25) is 5.91 Å². The quantitative estimate of drug-likeness (QED) is 0.418. The Kier molecular flexibility index (Phi) is 8.63. The van der Waals surface area contributed by atoms with E-state index in [1.54, 1.807) is 34.6 Å². The molecule has 0 aliphatic carbocycles. The van der Waals surface area contributed by atoms with E-state index < -0.39 is 39.1 Å². The molecule has 1 saturated heterocycles. The lowest BCUT2D eigenvalue weighted by atomic mass is 10.2. The first-order valence-electron chi connectivity index (χ1n) is 11.0. The molecule has 2 heterocycles. The molecular formula is C23H27N3O6S2. The molecule has 3 rings (SSSR count). The number of likely N-dealkylation sites (tertiary alicyclic amines) is 1. The third kappa shape index (κ3) is 6.55. The average molecular weight is 506 g/mol. The van der Waals surface area contributed by atoms with Crippen LogP contribution in [0.3, 0.4) is 0 Å². The molecule has 0 radical (unpaired) electrons. The number of fused-ring (bicyclic) bond motifs is 1. The summed E-state index contributed by atoms with van der Waals surface area (Å²) in [5, 5.41) is 0. The molecule has 0 spiro atoms. The SMILES string of the molecule is C#CCn1c(=NC(=O)CS(=O)(=O)CC(=O)N2CCCCCC2)sc2cc(C(=O)OCC)ccc21. The van der Waals surface area contributed by atoms with Crippen molar-refractivity contribution in [2.75, 3.05) is 31.2 Å². The molecule has 9 nitrogen and oxygen atoms in total. The van der Waals surface area contributed by atoms with Crippen molar-refractivity contribution in [2.24, 2.45) is 4.99 Å². The Hall–Kier alpha value is -2.97. The van der Waals surface area contributed by atoms with E-state index in [9.17, 15) is 22.8 Å². The highest BCUT2D eigenvalue weighted by Gasteiger charge is 2.25. The van der Waals surface area contributed by atoms with Gasteiger partial charge in [-0.15, -0.1) is 6.42 Å². The monoisotopic (exact) mass is 505 g/mol. The standard InChI is InChI=1S/C23H27N3O6S2/c1-3-11-26-18-10-9-17(22(29)32-4-2)14-19(18)33-23(26)24-20(27)15-34(30,31)16-21(28)25-12-7-5-6-8-13-25/h1,9-10,14H,4-8,11-13,15-16H2,2H3. The van der Waals surface area contributed by atoms with Crippen molar-refractivity contribution >= 4 is 49.2 Å². The average Bonchev–Trinajstić information content (AvgIpc) is 2.93. The van der Waals surface area contributed by atoms with E-state index in [2.05, 4.69) is 10.9 Å². The second-order valence-corrected chi connectivity index (χ2v) is 11.0. The fourth-order valence-corrected chi connectivity index (χ4v) is 5.91. The van der Waals surface area contributed by atoms with Crippen LogP contribution in [0.4, 0.5) is 0 Å². The molecule has 1 aromatic heterocycles. The number of hydrogen-bond acceptors (Lipinski definition) is 7. The van der Waals surface area contributed by atoms with Crippen molar-refractivity contribution < 1.29 is 27.5 Å². The third-order valence-electron chi connectivity index (χ3n) is 5.31. The van der Waals surface area contributed by atoms with Crippen LogP contribution in [0.2, 0.25) is 0 Å². The number of esters is 1. The molecule has 1 aromatic carbocycles. The van der Waals surface area contributed by atoms with Crippen LogP contribution in [0.1, 0.15) is 43.0 Å². The van der Waals surface area contributed by atoms with Gasteiger partial charge in [-0.2, -0.15) is 4.99 Å². The zero-order chi connectivity index (χ0) is 24.7. The van der Waals surface area contributed by atoms with Crippen LogP contribution in [0.5, 0.6) is 0 Å². The largest absolute Gasteiger partial charge is 0.462 e. The topological polar surface area (TPSA) is 115 Å². The lowest BCUT2D eigenvalue weighted by Gasteiger charge is -2.19. The van der Waals surface area contributed by atoms with Crippen molar-refractivity contribution in [3.05, 3.63) is 28.6 Å². The van der Waals surface area contributed by atoms with Crippen molar-refractivity contribution in [3.8, 4) is 12.3 Å². The van der Waals surface area contributed by atoms with E-state index in [-0.39, 0.29) is 18.0 Å². The van der Waals surface area contributed by atoms with Crippen LogP contribution < -0.4 is 4.80 Å². The number of carbonyl (C=O) groups excluding carboxylic acids is 3. The maximum absolute atomic E-state index is 12.5. The first-order valence-corrected chi connectivity index (χ1v) is 13.7. The summed E-state index contributed by atoms with van der Waals surface area (Å²) >= 11 is 1.11. The normalized spacial score (nSPS) is 15.1. The summed E-state index contributed by atoms with van der Waals surface area (Å²) in [7, 11) is -3.98. The van der Waals surface area contributed by atoms with Crippen LogP contribution in [0, 0.1) is 12.3 Å². The van der Waals surface area contributed by atoms with Gasteiger partial charge in [-0.3, -0.25) is 9.59 Å². The number of sulfone groups is 1. The minimum absolute atomic E-state index is 0.102. The van der Waals surface area contributed by atoms with Crippen LogP contribution in [0.25, 0.3) is 10.2 Å². The van der Waals surface area contributed by atoms with Gasteiger partial charge in [0.25, 0.3) is 5.91 Å². The van der Waals surface area contributed by atoms with Gasteiger partial charge in [-0.1, -0.05) is 30.1 Å². The number of thiazole rings is 1. The summed E-state index contributed by atoms with van der Waals surface area (Å²) in [5.74, 6) is -0.937. The maximum atomic E-state index is 12.5. The van der Waals surface area contributed by atoms with Gasteiger partial charge in [0.05, 0.1) is 28.9 Å². The molecule has 2 amide bonds. The maximum Gasteiger partial charge on any atom is 0.338 e. The zero-order valence-electron chi connectivity index (χ0n) is 19.0. The second kappa shape index (κ2) is 11.4. The zero-order valence-corrected chi connectivity index (χ0v) is 20.6. The molecule has 34 heavy (non-hydrogen) atoms. The van der Waals surface area contributed by atoms with E-state index in [4.69, 9.17) is 11.2 Å². The van der Waals surface area contributed by atoms with Crippen molar-refractivity contribution in [1.82, 2.24) is 9.47 Å². The Morgan fingerprint density at radius 3 is 2.50 bits per heavy atom. The highest BCUT2D eigenvalue weighted by atomic mass is 32.2. The van der Waals surface area contributed by atoms with Gasteiger partial charge in [0.1, 0.15) is 11.5 Å². The predicted molar refractivity (Wildman–Crippen MR) is 129 cm³/mol. The molecule has 0 atom stereocenters. The predicted octanol–water partition coefficient (Wildman–Crippen LogP) is 1.76. The number of terminal acetylenes is 1. The molecular weight excluding hydrogens is 478 g/mol. The summed E-state index contributed by atoms with van der Waals surface area (Å²) < 4.78 is 32.3. The number of amides is 2. The minimum atomic E-state index is -3.98. The van der Waals surface area contributed by atoms with Crippen molar-refractivity contribution in [2.45, 2.75) is 39.2 Å². The van der Waals surface area contributed by atoms with Crippen LogP contribution >= 0.6 is 11.3 Å². The van der Waals surface area contributed by atoms with E-state index in [1.807, 2.05) is 0 Å². The first kappa shape index (κ1) is 25.6. The molecule has 0 saturated carbocycles. The lowest BCUT2D eigenvalue weighted by molar-refractivity contribution is -0.128. The third-order valence-corrected chi connectivity index (χ3v) is 7.72. The smallest absolute Gasteiger partial charge is 0.338 e. The molecule has 0 N–H and O–H groups in total.